The maximum Gasteiger partial charge on any atom is 0.320 e. The molecule has 0 aliphatic rings. The lowest BCUT2D eigenvalue weighted by Gasteiger charge is -2.06. The fourth-order valence-electron chi connectivity index (χ4n) is 2.48. The molecule has 0 aliphatic heterocycles. The molecule has 0 fully saturated rings. The minimum absolute atomic E-state index is 0.339. The summed E-state index contributed by atoms with van der Waals surface area (Å²) in [5, 5.41) is 9.76. The van der Waals surface area contributed by atoms with Crippen molar-refractivity contribution < 1.29 is 9.59 Å². The monoisotopic (exact) mass is 349 g/mol. The van der Waals surface area contributed by atoms with Gasteiger partial charge in [0, 0.05) is 24.4 Å². The molecule has 2 aromatic carbocycles. The van der Waals surface area contributed by atoms with Gasteiger partial charge in [-0.1, -0.05) is 30.3 Å². The molecule has 3 rings (SSSR count). The van der Waals surface area contributed by atoms with E-state index in [4.69, 9.17) is 5.73 Å². The van der Waals surface area contributed by atoms with Crippen LogP contribution in [0.15, 0.2) is 66.9 Å². The van der Waals surface area contributed by atoms with Crippen molar-refractivity contribution in [3.05, 3.63) is 78.0 Å². The SMILES string of the molecule is NC(=O)c1cccc(CCNC(=O)Nc2ccn(-c3ccccc3)n2)c1. The maximum atomic E-state index is 12.0. The van der Waals surface area contributed by atoms with Gasteiger partial charge in [0.15, 0.2) is 5.82 Å². The number of carbonyl (C=O) groups excluding carboxylic acids is 2. The number of benzene rings is 2. The Bertz CT molecular complexity index is 905. The van der Waals surface area contributed by atoms with Crippen molar-refractivity contribution in [2.75, 3.05) is 11.9 Å². The lowest BCUT2D eigenvalue weighted by atomic mass is 10.1. The first kappa shape index (κ1) is 17.2. The van der Waals surface area contributed by atoms with Gasteiger partial charge < -0.3 is 11.1 Å². The Hall–Kier alpha value is -3.61. The van der Waals surface area contributed by atoms with Gasteiger partial charge in [-0.15, -0.1) is 5.10 Å². The van der Waals surface area contributed by atoms with Crippen molar-refractivity contribution in [3.8, 4) is 5.69 Å². The second kappa shape index (κ2) is 7.98. The van der Waals surface area contributed by atoms with Gasteiger partial charge in [0.25, 0.3) is 0 Å². The number of urea groups is 1. The minimum Gasteiger partial charge on any atom is -0.366 e. The summed E-state index contributed by atoms with van der Waals surface area (Å²) in [7, 11) is 0. The molecule has 26 heavy (non-hydrogen) atoms. The molecule has 0 atom stereocenters. The first-order chi connectivity index (χ1) is 12.6. The molecule has 7 nitrogen and oxygen atoms in total. The topological polar surface area (TPSA) is 102 Å². The number of rotatable bonds is 6. The smallest absolute Gasteiger partial charge is 0.320 e. The van der Waals surface area contributed by atoms with E-state index in [1.807, 2.05) is 36.4 Å². The number of nitrogens with zero attached hydrogens (tertiary/aromatic N) is 2. The molecule has 0 bridgehead atoms. The molecule has 3 amide bonds. The standard InChI is InChI=1S/C19H19N5O2/c20-18(25)15-6-4-5-14(13-15)9-11-21-19(26)22-17-10-12-24(23-17)16-7-2-1-3-8-16/h1-8,10,12-13H,9,11H2,(H2,20,25)(H2,21,22,23,26). The summed E-state index contributed by atoms with van der Waals surface area (Å²) in [5.74, 6) is -0.00589. The summed E-state index contributed by atoms with van der Waals surface area (Å²) in [4.78, 5) is 23.2. The summed E-state index contributed by atoms with van der Waals surface area (Å²) in [5.41, 5.74) is 7.56. The molecule has 7 heteroatoms. The Morgan fingerprint density at radius 3 is 2.62 bits per heavy atom. The van der Waals surface area contributed by atoms with Crippen LogP contribution in [-0.2, 0) is 6.42 Å². The number of aromatic nitrogens is 2. The van der Waals surface area contributed by atoms with E-state index in [0.717, 1.165) is 11.3 Å². The summed E-state index contributed by atoms with van der Waals surface area (Å²) in [6.45, 7) is 0.424. The number of carbonyl (C=O) groups is 2. The molecule has 4 N–H and O–H groups in total. The largest absolute Gasteiger partial charge is 0.366 e. The molecule has 0 radical (unpaired) electrons. The Kier molecular flexibility index (Phi) is 5.28. The number of nitrogens with one attached hydrogen (secondary N) is 2. The summed E-state index contributed by atoms with van der Waals surface area (Å²) in [6, 6.07) is 18.1. The normalized spacial score (nSPS) is 10.3. The zero-order chi connectivity index (χ0) is 18.4. The molecular formula is C19H19N5O2. The van der Waals surface area contributed by atoms with Crippen molar-refractivity contribution in [3.63, 3.8) is 0 Å². The molecule has 0 aliphatic carbocycles. The Morgan fingerprint density at radius 2 is 1.85 bits per heavy atom. The average Bonchev–Trinajstić information content (AvgIpc) is 3.11. The first-order valence-corrected chi connectivity index (χ1v) is 8.16. The highest BCUT2D eigenvalue weighted by Gasteiger charge is 2.06. The van der Waals surface area contributed by atoms with E-state index in [9.17, 15) is 9.59 Å². The minimum atomic E-state index is -0.466. The second-order valence-corrected chi connectivity index (χ2v) is 5.68. The number of primary amides is 1. The highest BCUT2D eigenvalue weighted by Crippen LogP contribution is 2.09. The molecule has 0 saturated heterocycles. The van der Waals surface area contributed by atoms with Gasteiger partial charge in [-0.3, -0.25) is 10.1 Å². The van der Waals surface area contributed by atoms with Gasteiger partial charge in [-0.25, -0.2) is 9.48 Å². The number of hydrogen-bond donors (Lipinski definition) is 3. The molecule has 0 unspecified atom stereocenters. The molecular weight excluding hydrogens is 330 g/mol. The predicted molar refractivity (Wildman–Crippen MR) is 99.2 cm³/mol. The molecule has 1 aromatic heterocycles. The van der Waals surface area contributed by atoms with Crippen molar-refractivity contribution in [2.24, 2.45) is 5.73 Å². The summed E-state index contributed by atoms with van der Waals surface area (Å²) >= 11 is 0. The van der Waals surface area contributed by atoms with Crippen LogP contribution in [0.3, 0.4) is 0 Å². The first-order valence-electron chi connectivity index (χ1n) is 8.16. The van der Waals surface area contributed by atoms with Crippen molar-refractivity contribution >= 4 is 17.8 Å². The number of amides is 3. The average molecular weight is 349 g/mol. The fourth-order valence-corrected chi connectivity index (χ4v) is 2.48. The lowest BCUT2D eigenvalue weighted by Crippen LogP contribution is -2.30. The van der Waals surface area contributed by atoms with Crippen molar-refractivity contribution in [2.45, 2.75) is 6.42 Å². The van der Waals surface area contributed by atoms with E-state index >= 15 is 0 Å². The Morgan fingerprint density at radius 1 is 1.04 bits per heavy atom. The van der Waals surface area contributed by atoms with Gasteiger partial charge in [0.2, 0.25) is 5.91 Å². The van der Waals surface area contributed by atoms with Crippen LogP contribution >= 0.6 is 0 Å². The molecule has 0 saturated carbocycles. The zero-order valence-electron chi connectivity index (χ0n) is 14.1. The highest BCUT2D eigenvalue weighted by atomic mass is 16.2. The van der Waals surface area contributed by atoms with Crippen LogP contribution in [0.1, 0.15) is 15.9 Å². The van der Waals surface area contributed by atoms with Gasteiger partial charge >= 0.3 is 6.03 Å². The van der Waals surface area contributed by atoms with Gasteiger partial charge in [0.1, 0.15) is 0 Å². The summed E-state index contributed by atoms with van der Waals surface area (Å²) < 4.78 is 1.69. The van der Waals surface area contributed by atoms with E-state index in [1.54, 1.807) is 35.1 Å². The third kappa shape index (κ3) is 4.47. The van der Waals surface area contributed by atoms with Gasteiger partial charge in [-0.05, 0) is 36.2 Å². The van der Waals surface area contributed by atoms with Gasteiger partial charge in [-0.2, -0.15) is 0 Å². The van der Waals surface area contributed by atoms with E-state index in [0.29, 0.717) is 24.3 Å². The van der Waals surface area contributed by atoms with Crippen molar-refractivity contribution in [1.29, 1.82) is 0 Å². The van der Waals surface area contributed by atoms with E-state index in [-0.39, 0.29) is 6.03 Å². The van der Waals surface area contributed by atoms with Crippen LogP contribution in [0.5, 0.6) is 0 Å². The molecule has 1 heterocycles. The number of para-hydroxylation sites is 1. The van der Waals surface area contributed by atoms with Crippen LogP contribution in [0.2, 0.25) is 0 Å². The Labute approximate surface area is 150 Å². The van der Waals surface area contributed by atoms with Crippen LogP contribution in [0.4, 0.5) is 10.6 Å². The van der Waals surface area contributed by atoms with Crippen LogP contribution in [-0.4, -0.2) is 28.3 Å². The third-order valence-electron chi connectivity index (χ3n) is 3.76. The molecule has 132 valence electrons. The van der Waals surface area contributed by atoms with E-state index in [2.05, 4.69) is 15.7 Å². The Balaban J connectivity index is 1.50. The highest BCUT2D eigenvalue weighted by molar-refractivity contribution is 5.92. The van der Waals surface area contributed by atoms with Crippen molar-refractivity contribution in [1.82, 2.24) is 15.1 Å². The summed E-state index contributed by atoms with van der Waals surface area (Å²) in [6.07, 6.45) is 2.37. The lowest BCUT2D eigenvalue weighted by molar-refractivity contribution is 0.1000. The molecule has 3 aromatic rings. The third-order valence-corrected chi connectivity index (χ3v) is 3.76. The number of nitrogens with two attached hydrogens (primary N) is 1. The second-order valence-electron chi connectivity index (χ2n) is 5.68. The van der Waals surface area contributed by atoms with E-state index < -0.39 is 5.91 Å². The quantitative estimate of drug-likeness (QED) is 0.636. The predicted octanol–water partition coefficient (Wildman–Crippen LogP) is 2.34. The van der Waals surface area contributed by atoms with Gasteiger partial charge in [0.05, 0.1) is 5.69 Å². The molecule has 0 spiro atoms. The fraction of sp³-hybridized carbons (Fsp3) is 0.105. The maximum absolute atomic E-state index is 12.0. The van der Waals surface area contributed by atoms with Crippen LogP contribution in [0, 0.1) is 0 Å². The van der Waals surface area contributed by atoms with E-state index in [1.165, 1.54) is 0 Å². The van der Waals surface area contributed by atoms with Crippen LogP contribution < -0.4 is 16.4 Å². The number of anilines is 1. The zero-order valence-corrected chi connectivity index (χ0v) is 14.1. The number of hydrogen-bond acceptors (Lipinski definition) is 3. The van der Waals surface area contributed by atoms with Crippen LogP contribution in [0.25, 0.3) is 5.69 Å².